The molecule has 0 bridgehead atoms. The van der Waals surface area contributed by atoms with Crippen molar-refractivity contribution < 1.29 is 4.79 Å². The molecule has 0 aliphatic carbocycles. The maximum atomic E-state index is 12.8. The van der Waals surface area contributed by atoms with Crippen molar-refractivity contribution in [3.63, 3.8) is 0 Å². The number of likely N-dealkylation sites (tertiary alicyclic amines) is 1. The molecule has 2 N–H and O–H groups in total. The molecule has 0 radical (unpaired) electrons. The van der Waals surface area contributed by atoms with Crippen molar-refractivity contribution in [2.75, 3.05) is 13.1 Å². The van der Waals surface area contributed by atoms with E-state index in [4.69, 9.17) is 0 Å². The normalized spacial score (nSPS) is 17.8. The first-order valence-corrected chi connectivity index (χ1v) is 8.34. The first-order valence-electron chi connectivity index (χ1n) is 8.34. The van der Waals surface area contributed by atoms with Crippen LogP contribution in [0.25, 0.3) is 11.3 Å². The highest BCUT2D eigenvalue weighted by Gasteiger charge is 2.26. The van der Waals surface area contributed by atoms with Gasteiger partial charge >= 0.3 is 0 Å². The molecule has 1 aliphatic heterocycles. The van der Waals surface area contributed by atoms with Gasteiger partial charge in [-0.15, -0.1) is 0 Å². The molecule has 1 aromatic carbocycles. The number of piperidine rings is 1. The molecule has 3 aromatic rings. The van der Waals surface area contributed by atoms with Gasteiger partial charge in [0.2, 0.25) is 0 Å². The molecule has 0 saturated carbocycles. The number of carbonyl (C=O) groups excluding carboxylic acids is 1. The zero-order valence-corrected chi connectivity index (χ0v) is 13.4. The fourth-order valence-electron chi connectivity index (χ4n) is 3.39. The number of amides is 1. The lowest BCUT2D eigenvalue weighted by molar-refractivity contribution is 0.0700. The molecule has 1 saturated heterocycles. The van der Waals surface area contributed by atoms with Crippen molar-refractivity contribution in [1.82, 2.24) is 20.1 Å². The number of aromatic nitrogens is 3. The zero-order valence-electron chi connectivity index (χ0n) is 13.4. The number of nitrogens with one attached hydrogen (secondary N) is 2. The van der Waals surface area contributed by atoms with Crippen LogP contribution in [0.5, 0.6) is 0 Å². The maximum Gasteiger partial charge on any atom is 0.270 e. The average Bonchev–Trinajstić information content (AvgIpc) is 3.34. The van der Waals surface area contributed by atoms with E-state index >= 15 is 0 Å². The molecule has 24 heavy (non-hydrogen) atoms. The Balaban J connectivity index is 1.50. The summed E-state index contributed by atoms with van der Waals surface area (Å²) in [5.41, 5.74) is 3.83. The fourth-order valence-corrected chi connectivity index (χ4v) is 3.39. The van der Waals surface area contributed by atoms with Gasteiger partial charge in [-0.3, -0.25) is 9.89 Å². The zero-order chi connectivity index (χ0) is 16.4. The Morgan fingerprint density at radius 1 is 1.12 bits per heavy atom. The lowest BCUT2D eigenvalue weighted by atomic mass is 9.95. The number of benzene rings is 1. The molecule has 1 amide bonds. The number of H-pyrrole nitrogens is 2. The first-order chi connectivity index (χ1) is 11.8. The summed E-state index contributed by atoms with van der Waals surface area (Å²) in [5.74, 6) is 0.412. The molecule has 3 heterocycles. The van der Waals surface area contributed by atoms with E-state index in [9.17, 15) is 4.79 Å². The number of rotatable bonds is 3. The summed E-state index contributed by atoms with van der Waals surface area (Å²) in [6, 6.07) is 15.9. The van der Waals surface area contributed by atoms with Crippen LogP contribution in [0.2, 0.25) is 0 Å². The van der Waals surface area contributed by atoms with Crippen LogP contribution >= 0.6 is 0 Å². The minimum Gasteiger partial charge on any atom is -0.351 e. The predicted molar refractivity (Wildman–Crippen MR) is 92.7 cm³/mol. The Labute approximate surface area is 140 Å². The molecule has 0 spiro atoms. The predicted octanol–water partition coefficient (Wildman–Crippen LogP) is 3.42. The third kappa shape index (κ3) is 2.85. The molecule has 122 valence electrons. The van der Waals surface area contributed by atoms with Crippen LogP contribution in [0.1, 0.15) is 34.9 Å². The largest absolute Gasteiger partial charge is 0.351 e. The van der Waals surface area contributed by atoms with E-state index in [1.807, 2.05) is 53.4 Å². The summed E-state index contributed by atoms with van der Waals surface area (Å²) >= 11 is 0. The Morgan fingerprint density at radius 2 is 2.00 bits per heavy atom. The smallest absolute Gasteiger partial charge is 0.270 e. The molecule has 5 heteroatoms. The van der Waals surface area contributed by atoms with E-state index in [-0.39, 0.29) is 5.91 Å². The Kier molecular flexibility index (Phi) is 3.91. The van der Waals surface area contributed by atoms with Gasteiger partial charge in [0.1, 0.15) is 5.69 Å². The van der Waals surface area contributed by atoms with Crippen LogP contribution in [0.3, 0.4) is 0 Å². The standard InChI is InChI=1S/C19H20N4O/c24-19(18-9-8-16(21-18)14-5-2-1-3-6-14)23-12-4-7-15(13-23)17-10-11-20-22-17/h1-3,5-6,8-11,15,21H,4,7,12-13H2,(H,20,22)/t15-/m1/s1. The second kappa shape index (κ2) is 6.35. The molecule has 1 atom stereocenters. The number of hydrogen-bond acceptors (Lipinski definition) is 2. The van der Waals surface area contributed by atoms with Gasteiger partial charge in [-0.1, -0.05) is 30.3 Å². The van der Waals surface area contributed by atoms with E-state index in [2.05, 4.69) is 15.2 Å². The molecule has 5 nitrogen and oxygen atoms in total. The van der Waals surface area contributed by atoms with Crippen LogP contribution in [-0.2, 0) is 0 Å². The number of hydrogen-bond donors (Lipinski definition) is 2. The highest BCUT2D eigenvalue weighted by molar-refractivity contribution is 5.93. The van der Waals surface area contributed by atoms with Gasteiger partial charge in [0, 0.05) is 36.6 Å². The summed E-state index contributed by atoms with van der Waals surface area (Å²) in [6.07, 6.45) is 3.88. The number of nitrogens with zero attached hydrogens (tertiary/aromatic N) is 2. The van der Waals surface area contributed by atoms with Gasteiger partial charge in [0.05, 0.1) is 0 Å². The van der Waals surface area contributed by atoms with E-state index in [0.717, 1.165) is 42.9 Å². The van der Waals surface area contributed by atoms with Gasteiger partial charge in [0.15, 0.2) is 0 Å². The van der Waals surface area contributed by atoms with Crippen molar-refractivity contribution in [1.29, 1.82) is 0 Å². The summed E-state index contributed by atoms with van der Waals surface area (Å²) in [4.78, 5) is 18.0. The second-order valence-electron chi connectivity index (χ2n) is 6.25. The molecule has 4 rings (SSSR count). The summed E-state index contributed by atoms with van der Waals surface area (Å²) in [5, 5.41) is 7.06. The minimum atomic E-state index is 0.0707. The quantitative estimate of drug-likeness (QED) is 0.776. The molecular formula is C19H20N4O. The summed E-state index contributed by atoms with van der Waals surface area (Å²) < 4.78 is 0. The van der Waals surface area contributed by atoms with Gasteiger partial charge < -0.3 is 9.88 Å². The summed E-state index contributed by atoms with van der Waals surface area (Å²) in [6.45, 7) is 1.55. The molecule has 0 unspecified atom stereocenters. The fraction of sp³-hybridized carbons (Fsp3) is 0.263. The lowest BCUT2D eigenvalue weighted by Gasteiger charge is -2.32. The van der Waals surface area contributed by atoms with Crippen LogP contribution in [0.4, 0.5) is 0 Å². The van der Waals surface area contributed by atoms with Gasteiger partial charge in [-0.2, -0.15) is 5.10 Å². The van der Waals surface area contributed by atoms with Gasteiger partial charge in [-0.25, -0.2) is 0 Å². The minimum absolute atomic E-state index is 0.0707. The number of aromatic amines is 2. The molecular weight excluding hydrogens is 300 g/mol. The lowest BCUT2D eigenvalue weighted by Crippen LogP contribution is -2.39. The highest BCUT2D eigenvalue weighted by atomic mass is 16.2. The van der Waals surface area contributed by atoms with E-state index in [1.54, 1.807) is 6.20 Å². The van der Waals surface area contributed by atoms with E-state index in [0.29, 0.717) is 11.6 Å². The Morgan fingerprint density at radius 3 is 2.79 bits per heavy atom. The van der Waals surface area contributed by atoms with E-state index < -0.39 is 0 Å². The van der Waals surface area contributed by atoms with Gasteiger partial charge in [-0.05, 0) is 36.6 Å². The average molecular weight is 320 g/mol. The van der Waals surface area contributed by atoms with E-state index in [1.165, 1.54) is 0 Å². The monoisotopic (exact) mass is 320 g/mol. The maximum absolute atomic E-state index is 12.8. The van der Waals surface area contributed by atoms with Crippen molar-refractivity contribution >= 4 is 5.91 Å². The van der Waals surface area contributed by atoms with Crippen LogP contribution in [-0.4, -0.2) is 39.1 Å². The second-order valence-corrected chi connectivity index (χ2v) is 6.25. The van der Waals surface area contributed by atoms with Crippen molar-refractivity contribution in [3.05, 3.63) is 66.1 Å². The topological polar surface area (TPSA) is 64.8 Å². The first kappa shape index (κ1) is 14.8. The molecule has 1 aliphatic rings. The van der Waals surface area contributed by atoms with Crippen molar-refractivity contribution in [2.24, 2.45) is 0 Å². The summed E-state index contributed by atoms with van der Waals surface area (Å²) in [7, 11) is 0. The third-order valence-corrected chi connectivity index (χ3v) is 4.67. The number of carbonyl (C=O) groups is 1. The van der Waals surface area contributed by atoms with Crippen molar-refractivity contribution in [3.8, 4) is 11.3 Å². The molecule has 1 fully saturated rings. The third-order valence-electron chi connectivity index (χ3n) is 4.67. The van der Waals surface area contributed by atoms with Crippen molar-refractivity contribution in [2.45, 2.75) is 18.8 Å². The van der Waals surface area contributed by atoms with Crippen LogP contribution < -0.4 is 0 Å². The van der Waals surface area contributed by atoms with Crippen LogP contribution in [0.15, 0.2) is 54.7 Å². The molecule has 2 aromatic heterocycles. The van der Waals surface area contributed by atoms with Gasteiger partial charge in [0.25, 0.3) is 5.91 Å². The van der Waals surface area contributed by atoms with Crippen LogP contribution in [0, 0.1) is 0 Å². The Hall–Kier alpha value is -2.82. The Bertz CT molecular complexity index is 807. The SMILES string of the molecule is O=C(c1ccc(-c2ccccc2)[nH]1)N1CCC[C@@H](c2ccn[nH]2)C1. The highest BCUT2D eigenvalue weighted by Crippen LogP contribution is 2.26.